The summed E-state index contributed by atoms with van der Waals surface area (Å²) in [6.07, 6.45) is 0. The van der Waals surface area contributed by atoms with Gasteiger partial charge in [0, 0.05) is 5.56 Å². The van der Waals surface area contributed by atoms with E-state index in [9.17, 15) is 4.39 Å². The van der Waals surface area contributed by atoms with Crippen molar-refractivity contribution in [3.8, 4) is 22.4 Å². The van der Waals surface area contributed by atoms with Gasteiger partial charge in [0.15, 0.2) is 0 Å². The Morgan fingerprint density at radius 2 is 1.65 bits per heavy atom. The van der Waals surface area contributed by atoms with E-state index in [1.807, 2.05) is 31.2 Å². The second kappa shape index (κ2) is 4.81. The Bertz CT molecular complexity index is 765. The highest BCUT2D eigenvalue weighted by atomic mass is 19.1. The number of aryl methyl sites for hydroxylation is 1. The van der Waals surface area contributed by atoms with Gasteiger partial charge < -0.3 is 10.3 Å². The Morgan fingerprint density at radius 1 is 1.00 bits per heavy atom. The van der Waals surface area contributed by atoms with Gasteiger partial charge in [0.05, 0.1) is 5.56 Å². The molecule has 0 radical (unpaired) electrons. The highest BCUT2D eigenvalue weighted by Gasteiger charge is 2.20. The highest BCUT2D eigenvalue weighted by molar-refractivity contribution is 5.88. The predicted octanol–water partition coefficient (Wildman–Crippen LogP) is 4.04. The molecule has 2 aromatic carbocycles. The topological polar surface area (TPSA) is 52.0 Å². The molecule has 3 nitrogen and oxygen atoms in total. The lowest BCUT2D eigenvalue weighted by atomic mass is 9.97. The maximum Gasteiger partial charge on any atom is 0.230 e. The number of nitrogens with two attached hydrogens (primary N) is 1. The predicted molar refractivity (Wildman–Crippen MR) is 76.5 cm³/mol. The molecule has 0 unspecified atom stereocenters. The number of anilines is 1. The van der Waals surface area contributed by atoms with Gasteiger partial charge in [0.1, 0.15) is 11.5 Å². The zero-order valence-corrected chi connectivity index (χ0v) is 10.9. The number of hydrogen-bond acceptors (Lipinski definition) is 3. The van der Waals surface area contributed by atoms with Crippen molar-refractivity contribution in [1.82, 2.24) is 5.16 Å². The van der Waals surface area contributed by atoms with Crippen LogP contribution in [-0.2, 0) is 0 Å². The van der Waals surface area contributed by atoms with Gasteiger partial charge in [-0.1, -0.05) is 41.6 Å². The average Bonchev–Trinajstić information content (AvgIpc) is 2.82. The number of hydrogen-bond donors (Lipinski definition) is 1. The maximum atomic E-state index is 14.0. The van der Waals surface area contributed by atoms with Crippen LogP contribution in [0, 0.1) is 12.7 Å². The van der Waals surface area contributed by atoms with E-state index < -0.39 is 0 Å². The van der Waals surface area contributed by atoms with E-state index in [1.54, 1.807) is 18.2 Å². The van der Waals surface area contributed by atoms with E-state index in [1.165, 1.54) is 6.07 Å². The average molecular weight is 268 g/mol. The molecule has 0 aliphatic heterocycles. The summed E-state index contributed by atoms with van der Waals surface area (Å²) in [5.74, 6) is -0.159. The summed E-state index contributed by atoms with van der Waals surface area (Å²) >= 11 is 0. The van der Waals surface area contributed by atoms with Crippen molar-refractivity contribution in [3.63, 3.8) is 0 Å². The van der Waals surface area contributed by atoms with Crippen molar-refractivity contribution in [2.45, 2.75) is 6.92 Å². The number of benzene rings is 2. The molecule has 3 aromatic rings. The minimum absolute atomic E-state index is 0.192. The molecule has 2 N–H and O–H groups in total. The van der Waals surface area contributed by atoms with Gasteiger partial charge >= 0.3 is 0 Å². The van der Waals surface area contributed by atoms with Gasteiger partial charge in [-0.05, 0) is 30.2 Å². The van der Waals surface area contributed by atoms with Crippen molar-refractivity contribution in [3.05, 3.63) is 59.9 Å². The molecule has 20 heavy (non-hydrogen) atoms. The van der Waals surface area contributed by atoms with Crippen LogP contribution < -0.4 is 5.73 Å². The third kappa shape index (κ3) is 1.95. The molecule has 3 rings (SSSR count). The van der Waals surface area contributed by atoms with E-state index in [-0.39, 0.29) is 11.7 Å². The highest BCUT2D eigenvalue weighted by Crippen LogP contribution is 2.38. The number of rotatable bonds is 2. The minimum atomic E-state index is -0.351. The Hall–Kier alpha value is -2.62. The molecule has 0 saturated heterocycles. The van der Waals surface area contributed by atoms with Crippen LogP contribution in [0.5, 0.6) is 0 Å². The lowest BCUT2D eigenvalue weighted by molar-refractivity contribution is 0.439. The molecule has 4 heteroatoms. The first kappa shape index (κ1) is 12.4. The second-order valence-electron chi connectivity index (χ2n) is 4.57. The largest absolute Gasteiger partial charge is 0.367 e. The summed E-state index contributed by atoms with van der Waals surface area (Å²) in [4.78, 5) is 0. The molecule has 100 valence electrons. The van der Waals surface area contributed by atoms with Gasteiger partial charge in [-0.25, -0.2) is 4.39 Å². The molecule has 0 atom stereocenters. The Kier molecular flexibility index (Phi) is 2.99. The van der Waals surface area contributed by atoms with Crippen LogP contribution in [-0.4, -0.2) is 5.16 Å². The van der Waals surface area contributed by atoms with E-state index in [2.05, 4.69) is 5.16 Å². The van der Waals surface area contributed by atoms with Crippen molar-refractivity contribution in [2.75, 3.05) is 5.73 Å². The molecule has 0 amide bonds. The third-order valence-corrected chi connectivity index (χ3v) is 3.26. The van der Waals surface area contributed by atoms with E-state index in [4.69, 9.17) is 10.3 Å². The molecule has 0 aliphatic rings. The van der Waals surface area contributed by atoms with Crippen molar-refractivity contribution < 1.29 is 8.91 Å². The van der Waals surface area contributed by atoms with Gasteiger partial charge in [-0.3, -0.25) is 0 Å². The summed E-state index contributed by atoms with van der Waals surface area (Å²) in [5.41, 5.74) is 9.24. The van der Waals surface area contributed by atoms with Crippen LogP contribution in [0.15, 0.2) is 53.1 Å². The van der Waals surface area contributed by atoms with Crippen LogP contribution in [0.2, 0.25) is 0 Å². The minimum Gasteiger partial charge on any atom is -0.367 e. The summed E-state index contributed by atoms with van der Waals surface area (Å²) in [6, 6.07) is 14.2. The monoisotopic (exact) mass is 268 g/mol. The summed E-state index contributed by atoms with van der Waals surface area (Å²) in [6.45, 7) is 1.97. The van der Waals surface area contributed by atoms with Crippen LogP contribution in [0.4, 0.5) is 10.3 Å². The first-order chi connectivity index (χ1) is 9.68. The fraction of sp³-hybridized carbons (Fsp3) is 0.0625. The van der Waals surface area contributed by atoms with Crippen LogP contribution >= 0.6 is 0 Å². The van der Waals surface area contributed by atoms with Gasteiger partial charge in [0.2, 0.25) is 5.88 Å². The van der Waals surface area contributed by atoms with E-state index in [0.717, 1.165) is 11.1 Å². The molecule has 1 heterocycles. The van der Waals surface area contributed by atoms with Crippen molar-refractivity contribution in [1.29, 1.82) is 0 Å². The molecule has 0 aliphatic carbocycles. The lowest BCUT2D eigenvalue weighted by Gasteiger charge is -2.06. The maximum absolute atomic E-state index is 14.0. The summed E-state index contributed by atoms with van der Waals surface area (Å²) in [7, 11) is 0. The van der Waals surface area contributed by atoms with Gasteiger partial charge in [-0.2, -0.15) is 0 Å². The molecular weight excluding hydrogens is 255 g/mol. The molecule has 0 saturated carbocycles. The summed E-state index contributed by atoms with van der Waals surface area (Å²) in [5, 5.41) is 3.92. The lowest BCUT2D eigenvalue weighted by Crippen LogP contribution is -1.91. The number of nitrogen functional groups attached to an aromatic ring is 1. The zero-order valence-electron chi connectivity index (χ0n) is 10.9. The fourth-order valence-corrected chi connectivity index (χ4v) is 2.25. The van der Waals surface area contributed by atoms with Crippen molar-refractivity contribution in [2.24, 2.45) is 0 Å². The number of halogens is 1. The van der Waals surface area contributed by atoms with Crippen LogP contribution in [0.1, 0.15) is 5.56 Å². The fourth-order valence-electron chi connectivity index (χ4n) is 2.25. The quantitative estimate of drug-likeness (QED) is 0.763. The third-order valence-electron chi connectivity index (χ3n) is 3.26. The standard InChI is InChI=1S/C16H13FN2O/c1-10-6-2-3-7-11(10)14-15(19-20-16(14)18)12-8-4-5-9-13(12)17/h2-9H,18H2,1H3. The van der Waals surface area contributed by atoms with Crippen LogP contribution in [0.25, 0.3) is 22.4 Å². The van der Waals surface area contributed by atoms with Crippen molar-refractivity contribution >= 4 is 5.88 Å². The molecule has 0 fully saturated rings. The SMILES string of the molecule is Cc1ccccc1-c1c(-c2ccccc2F)noc1N. The second-order valence-corrected chi connectivity index (χ2v) is 4.57. The molecule has 0 bridgehead atoms. The smallest absolute Gasteiger partial charge is 0.230 e. The van der Waals surface area contributed by atoms with Gasteiger partial charge in [-0.15, -0.1) is 0 Å². The Labute approximate surface area is 115 Å². The summed E-state index contributed by atoms with van der Waals surface area (Å²) < 4.78 is 19.0. The molecule has 1 aromatic heterocycles. The molecular formula is C16H13FN2O. The number of aromatic nitrogens is 1. The van der Waals surface area contributed by atoms with Crippen LogP contribution in [0.3, 0.4) is 0 Å². The first-order valence-corrected chi connectivity index (χ1v) is 6.24. The van der Waals surface area contributed by atoms with Gasteiger partial charge in [0.25, 0.3) is 0 Å². The molecule has 0 spiro atoms. The normalized spacial score (nSPS) is 10.7. The Morgan fingerprint density at radius 3 is 2.35 bits per heavy atom. The number of nitrogens with zero attached hydrogens (tertiary/aromatic N) is 1. The zero-order chi connectivity index (χ0) is 14.1. The van der Waals surface area contributed by atoms with E-state index >= 15 is 0 Å². The van der Waals surface area contributed by atoms with E-state index in [0.29, 0.717) is 16.8 Å². The first-order valence-electron chi connectivity index (χ1n) is 6.24. The Balaban J connectivity index is 2.26.